The Bertz CT molecular complexity index is 514. The Morgan fingerprint density at radius 3 is 2.74 bits per heavy atom. The third kappa shape index (κ3) is 2.08. The summed E-state index contributed by atoms with van der Waals surface area (Å²) in [4.78, 5) is 0. The first-order chi connectivity index (χ1) is 8.81. The van der Waals surface area contributed by atoms with Crippen molar-refractivity contribution < 1.29 is 13.5 Å². The number of nitrogens with one attached hydrogen (secondary N) is 1. The van der Waals surface area contributed by atoms with Crippen LogP contribution in [0.2, 0.25) is 0 Å². The molecule has 3 rings (SSSR count). The van der Waals surface area contributed by atoms with E-state index in [1.807, 2.05) is 6.92 Å². The van der Waals surface area contributed by atoms with E-state index in [-0.39, 0.29) is 11.2 Å². The van der Waals surface area contributed by atoms with E-state index in [0.29, 0.717) is 6.42 Å². The Hall–Kier alpha value is -0.660. The summed E-state index contributed by atoms with van der Waals surface area (Å²) in [6, 6.07) is 0. The smallest absolute Gasteiger partial charge is 0.216 e. The minimum absolute atomic E-state index is 0.0277. The van der Waals surface area contributed by atoms with Gasteiger partial charge in [-0.1, -0.05) is 12.8 Å². The summed E-state index contributed by atoms with van der Waals surface area (Å²) in [6.07, 6.45) is 3.67. The molecule has 2 heterocycles. The van der Waals surface area contributed by atoms with E-state index in [9.17, 15) is 13.5 Å². The van der Waals surface area contributed by atoms with Crippen molar-refractivity contribution in [1.82, 2.24) is 9.73 Å². The van der Waals surface area contributed by atoms with E-state index >= 15 is 0 Å². The van der Waals surface area contributed by atoms with Crippen molar-refractivity contribution in [2.75, 3.05) is 0 Å². The standard InChI is InChI=1S/C12H21N3O3S/c1-8-7-12(2,16)15(13-8)11-9-5-3-4-6-10(9)19(17,18)14-11/h9-11,14,16H,3-7H2,1-2H3. The molecule has 0 bridgehead atoms. The van der Waals surface area contributed by atoms with Gasteiger partial charge >= 0.3 is 0 Å². The number of hydrogen-bond acceptors (Lipinski definition) is 5. The number of aliphatic hydroxyl groups is 1. The molecule has 1 saturated heterocycles. The van der Waals surface area contributed by atoms with Crippen LogP contribution in [0.5, 0.6) is 0 Å². The molecule has 2 aliphatic heterocycles. The summed E-state index contributed by atoms with van der Waals surface area (Å²) >= 11 is 0. The molecule has 1 aliphatic carbocycles. The van der Waals surface area contributed by atoms with E-state index in [0.717, 1.165) is 31.4 Å². The maximum atomic E-state index is 12.2. The Kier molecular flexibility index (Phi) is 2.92. The Morgan fingerprint density at radius 1 is 1.42 bits per heavy atom. The van der Waals surface area contributed by atoms with Gasteiger partial charge in [-0.2, -0.15) is 9.82 Å². The van der Waals surface area contributed by atoms with E-state index in [4.69, 9.17) is 0 Å². The summed E-state index contributed by atoms with van der Waals surface area (Å²) in [5.41, 5.74) is -0.257. The highest BCUT2D eigenvalue weighted by Crippen LogP contribution is 2.41. The number of hydrazone groups is 1. The molecule has 6 nitrogen and oxygen atoms in total. The van der Waals surface area contributed by atoms with Crippen molar-refractivity contribution in [1.29, 1.82) is 0 Å². The molecular weight excluding hydrogens is 266 g/mol. The van der Waals surface area contributed by atoms with Crippen molar-refractivity contribution in [2.24, 2.45) is 11.0 Å². The van der Waals surface area contributed by atoms with Gasteiger partial charge in [0.15, 0.2) is 5.72 Å². The fraction of sp³-hybridized carbons (Fsp3) is 0.917. The van der Waals surface area contributed by atoms with Crippen LogP contribution < -0.4 is 4.72 Å². The van der Waals surface area contributed by atoms with Crippen LogP contribution in [0.25, 0.3) is 0 Å². The number of rotatable bonds is 1. The van der Waals surface area contributed by atoms with Crippen LogP contribution in [-0.2, 0) is 10.0 Å². The second kappa shape index (κ2) is 4.17. The van der Waals surface area contributed by atoms with Crippen molar-refractivity contribution in [3.05, 3.63) is 0 Å². The van der Waals surface area contributed by atoms with Crippen LogP contribution in [0.4, 0.5) is 0 Å². The summed E-state index contributed by atoms with van der Waals surface area (Å²) in [5.74, 6) is 0.0277. The lowest BCUT2D eigenvalue weighted by atomic mass is 9.86. The van der Waals surface area contributed by atoms with Gasteiger partial charge in [-0.3, -0.25) is 0 Å². The predicted molar refractivity (Wildman–Crippen MR) is 71.8 cm³/mol. The number of nitrogens with zero attached hydrogens (tertiary/aromatic N) is 2. The van der Waals surface area contributed by atoms with Crippen LogP contribution in [-0.4, -0.2) is 41.4 Å². The molecule has 0 spiro atoms. The summed E-state index contributed by atoms with van der Waals surface area (Å²) in [7, 11) is -3.27. The fourth-order valence-corrected chi connectivity index (χ4v) is 5.71. The van der Waals surface area contributed by atoms with Gasteiger partial charge in [-0.15, -0.1) is 0 Å². The molecule has 2 N–H and O–H groups in total. The van der Waals surface area contributed by atoms with Crippen molar-refractivity contribution in [2.45, 2.75) is 63.1 Å². The zero-order valence-electron chi connectivity index (χ0n) is 11.3. The molecule has 0 aromatic heterocycles. The van der Waals surface area contributed by atoms with Crippen molar-refractivity contribution >= 4 is 15.7 Å². The Balaban J connectivity index is 1.93. The second-order valence-corrected chi connectivity index (χ2v) is 8.10. The van der Waals surface area contributed by atoms with Gasteiger partial charge in [0.25, 0.3) is 0 Å². The van der Waals surface area contributed by atoms with Crippen LogP contribution in [0.15, 0.2) is 5.10 Å². The third-order valence-electron chi connectivity index (χ3n) is 4.47. The zero-order valence-corrected chi connectivity index (χ0v) is 12.2. The molecule has 0 radical (unpaired) electrons. The topological polar surface area (TPSA) is 82.0 Å². The zero-order chi connectivity index (χ0) is 13.8. The lowest BCUT2D eigenvalue weighted by molar-refractivity contribution is -0.109. The van der Waals surface area contributed by atoms with Gasteiger partial charge in [0.05, 0.1) is 5.25 Å². The van der Waals surface area contributed by atoms with Crippen molar-refractivity contribution in [3.8, 4) is 0 Å². The van der Waals surface area contributed by atoms with E-state index in [1.165, 1.54) is 0 Å². The van der Waals surface area contributed by atoms with E-state index in [2.05, 4.69) is 9.82 Å². The first-order valence-corrected chi connectivity index (χ1v) is 8.43. The molecule has 2 fully saturated rings. The highest BCUT2D eigenvalue weighted by Gasteiger charge is 2.53. The lowest BCUT2D eigenvalue weighted by Gasteiger charge is -2.37. The molecular formula is C12H21N3O3S. The summed E-state index contributed by atoms with van der Waals surface area (Å²) in [5, 5.41) is 16.0. The van der Waals surface area contributed by atoms with Gasteiger partial charge < -0.3 is 5.11 Å². The average Bonchev–Trinajstić information content (AvgIpc) is 2.73. The van der Waals surface area contributed by atoms with E-state index < -0.39 is 21.9 Å². The first kappa shape index (κ1) is 13.3. The van der Waals surface area contributed by atoms with Gasteiger partial charge in [0.2, 0.25) is 10.0 Å². The number of fused-ring (bicyclic) bond motifs is 1. The molecule has 19 heavy (non-hydrogen) atoms. The molecule has 108 valence electrons. The quantitative estimate of drug-likeness (QED) is 0.739. The van der Waals surface area contributed by atoms with Gasteiger partial charge in [-0.05, 0) is 26.7 Å². The summed E-state index contributed by atoms with van der Waals surface area (Å²) in [6.45, 7) is 3.55. The second-order valence-electron chi connectivity index (χ2n) is 6.17. The molecule has 1 saturated carbocycles. The average molecular weight is 287 g/mol. The third-order valence-corrected chi connectivity index (χ3v) is 6.42. The number of hydrogen-bond donors (Lipinski definition) is 2. The van der Waals surface area contributed by atoms with Crippen LogP contribution in [0, 0.1) is 5.92 Å². The predicted octanol–water partition coefficient (Wildman–Crippen LogP) is 0.594. The monoisotopic (exact) mass is 287 g/mol. The molecule has 0 amide bonds. The van der Waals surface area contributed by atoms with Gasteiger partial charge in [-0.25, -0.2) is 13.4 Å². The maximum absolute atomic E-state index is 12.2. The highest BCUT2D eigenvalue weighted by atomic mass is 32.2. The Morgan fingerprint density at radius 2 is 2.11 bits per heavy atom. The molecule has 4 atom stereocenters. The SMILES string of the molecule is CC1=NN(C2NS(=O)(=O)C3CCCCC23)C(C)(O)C1. The number of sulfonamides is 1. The normalized spacial score (nSPS) is 45.1. The molecule has 3 aliphatic rings. The molecule has 7 heteroatoms. The van der Waals surface area contributed by atoms with Gasteiger partial charge in [0, 0.05) is 18.1 Å². The molecule has 0 aromatic rings. The minimum Gasteiger partial charge on any atom is -0.369 e. The minimum atomic E-state index is -3.27. The van der Waals surface area contributed by atoms with Crippen molar-refractivity contribution in [3.63, 3.8) is 0 Å². The van der Waals surface area contributed by atoms with E-state index in [1.54, 1.807) is 11.9 Å². The first-order valence-electron chi connectivity index (χ1n) is 6.88. The highest BCUT2D eigenvalue weighted by molar-refractivity contribution is 7.90. The fourth-order valence-electron chi connectivity index (χ4n) is 3.70. The largest absolute Gasteiger partial charge is 0.369 e. The van der Waals surface area contributed by atoms with Gasteiger partial charge in [0.1, 0.15) is 6.17 Å². The van der Waals surface area contributed by atoms with Crippen LogP contribution in [0.1, 0.15) is 46.0 Å². The molecule has 0 aromatic carbocycles. The van der Waals surface area contributed by atoms with Crippen LogP contribution >= 0.6 is 0 Å². The lowest BCUT2D eigenvalue weighted by Crippen LogP contribution is -2.52. The maximum Gasteiger partial charge on any atom is 0.216 e. The van der Waals surface area contributed by atoms with Crippen LogP contribution in [0.3, 0.4) is 0 Å². The Labute approximate surface area is 113 Å². The summed E-state index contributed by atoms with van der Waals surface area (Å²) < 4.78 is 27.1. The molecule has 4 unspecified atom stereocenters.